The summed E-state index contributed by atoms with van der Waals surface area (Å²) in [4.78, 5) is 99.1. The van der Waals surface area contributed by atoms with E-state index in [4.69, 9.17) is 14.2 Å². The summed E-state index contributed by atoms with van der Waals surface area (Å²) in [5.41, 5.74) is -0.285. The number of methoxy groups -OCH3 is 1. The summed E-state index contributed by atoms with van der Waals surface area (Å²) < 4.78 is 16.3. The van der Waals surface area contributed by atoms with Gasteiger partial charge in [0.05, 0.1) is 18.1 Å². The van der Waals surface area contributed by atoms with Gasteiger partial charge in [0.15, 0.2) is 0 Å². The number of nitrogens with one attached hydrogen (secondary N) is 5. The number of rotatable bonds is 16. The first-order chi connectivity index (χ1) is 26.9. The minimum atomic E-state index is -1.45. The fourth-order valence-corrected chi connectivity index (χ4v) is 7.06. The molecule has 0 radical (unpaired) electrons. The van der Waals surface area contributed by atoms with E-state index in [0.29, 0.717) is 29.6 Å². The molecule has 5 amide bonds. The van der Waals surface area contributed by atoms with Gasteiger partial charge in [0, 0.05) is 23.9 Å². The normalized spacial score (nSPS) is 16.6. The summed E-state index contributed by atoms with van der Waals surface area (Å²) in [5.74, 6) is -4.80. The molecular weight excluding hydrogens is 816 g/mol. The Bertz CT molecular complexity index is 1810. The van der Waals surface area contributed by atoms with Gasteiger partial charge in [-0.2, -0.15) is 0 Å². The fraction of sp³-hybridized carbons (Fsp3) is 0.634. The van der Waals surface area contributed by atoms with Crippen LogP contribution < -0.4 is 21.3 Å². The number of H-pyrrole nitrogens is 1. The van der Waals surface area contributed by atoms with Gasteiger partial charge in [0.1, 0.15) is 41.4 Å². The molecule has 5 atom stereocenters. The molecular formula is C41H61BrN6O10. The number of halogens is 1. The number of aromatic amines is 1. The van der Waals surface area contributed by atoms with E-state index in [9.17, 15) is 33.6 Å². The third kappa shape index (κ3) is 14.0. The number of carbonyl (C=O) groups is 7. The van der Waals surface area contributed by atoms with Crippen LogP contribution in [0, 0.1) is 11.8 Å². The van der Waals surface area contributed by atoms with Gasteiger partial charge >= 0.3 is 18.0 Å². The van der Waals surface area contributed by atoms with Crippen LogP contribution in [-0.4, -0.2) is 107 Å². The first-order valence-electron chi connectivity index (χ1n) is 19.7. The lowest BCUT2D eigenvalue weighted by molar-refractivity contribution is -0.161. The zero-order valence-electron chi connectivity index (χ0n) is 35.5. The van der Waals surface area contributed by atoms with E-state index in [1.165, 1.54) is 4.90 Å². The molecule has 0 bridgehead atoms. The number of benzene rings is 1. The SMILES string of the molecule is COC(=O)C[C@@H](NC(=O)[C@@H](Cc1c(Br)[nH]c2ccccc12)NC(=O)[C@H](CC(C)C)NC(=O)[C@H](NC(=O)[C@@H]1CCCN1C(=O)OC(C)(C)C)C(C)C)C(=O)OC(C)(C)C. The molecule has 0 spiro atoms. The van der Waals surface area contributed by atoms with Crippen molar-refractivity contribution in [3.63, 3.8) is 0 Å². The van der Waals surface area contributed by atoms with Crippen LogP contribution in [0.1, 0.15) is 100 Å². The van der Waals surface area contributed by atoms with Crippen molar-refractivity contribution >= 4 is 68.5 Å². The number of amides is 5. The van der Waals surface area contributed by atoms with Crippen molar-refractivity contribution in [2.24, 2.45) is 11.8 Å². The van der Waals surface area contributed by atoms with Crippen molar-refractivity contribution in [2.45, 2.75) is 143 Å². The molecule has 58 heavy (non-hydrogen) atoms. The molecule has 0 saturated carbocycles. The van der Waals surface area contributed by atoms with Crippen molar-refractivity contribution in [3.8, 4) is 0 Å². The number of esters is 2. The van der Waals surface area contributed by atoms with Crippen molar-refractivity contribution in [2.75, 3.05) is 13.7 Å². The third-order valence-electron chi connectivity index (χ3n) is 9.18. The highest BCUT2D eigenvalue weighted by Crippen LogP contribution is 2.28. The van der Waals surface area contributed by atoms with Gasteiger partial charge in [-0.25, -0.2) is 9.59 Å². The number of para-hydroxylation sites is 1. The second-order valence-electron chi connectivity index (χ2n) is 17.4. The lowest BCUT2D eigenvalue weighted by Gasteiger charge is -2.31. The predicted octanol–water partition coefficient (Wildman–Crippen LogP) is 4.42. The Balaban J connectivity index is 1.92. The Morgan fingerprint density at radius 1 is 0.828 bits per heavy atom. The van der Waals surface area contributed by atoms with Crippen LogP contribution in [0.15, 0.2) is 28.9 Å². The molecule has 17 heteroatoms. The second kappa shape index (κ2) is 20.3. The summed E-state index contributed by atoms with van der Waals surface area (Å²) in [5, 5.41) is 11.8. The fourth-order valence-electron chi connectivity index (χ4n) is 6.47. The van der Waals surface area contributed by atoms with Gasteiger partial charge in [0.2, 0.25) is 23.6 Å². The molecule has 0 aliphatic carbocycles. The zero-order valence-corrected chi connectivity index (χ0v) is 37.1. The van der Waals surface area contributed by atoms with Crippen LogP contribution in [0.2, 0.25) is 0 Å². The van der Waals surface area contributed by atoms with Crippen LogP contribution >= 0.6 is 15.9 Å². The standard InChI is InChI=1S/C41H61BrN6O10/c1-22(2)19-27(45-37(53)32(23(3)4)47-36(52)30-17-14-18-48(30)39(55)58-41(8,9)10)34(50)44-28(20-25-24-15-12-13-16-26(24)43-33(25)42)35(51)46-29(21-31(49)56-11)38(54)57-40(5,6)7/h12-13,15-16,22-23,27-30,32,43H,14,17-21H2,1-11H3,(H,44,50)(H,45,53)(H,46,51)(H,47,52)/t27-,28+,29+,30-,32+/m0/s1. The number of ether oxygens (including phenoxy) is 3. The molecule has 2 aromatic rings. The van der Waals surface area contributed by atoms with Gasteiger partial charge in [-0.3, -0.25) is 28.9 Å². The van der Waals surface area contributed by atoms with Crippen LogP contribution in [0.3, 0.4) is 0 Å². The van der Waals surface area contributed by atoms with Crippen LogP contribution in [0.4, 0.5) is 4.79 Å². The molecule has 2 heterocycles. The molecule has 5 N–H and O–H groups in total. The van der Waals surface area contributed by atoms with Crippen LogP contribution in [-0.2, 0) is 49.4 Å². The maximum atomic E-state index is 14.3. The highest BCUT2D eigenvalue weighted by Gasteiger charge is 2.40. The highest BCUT2D eigenvalue weighted by molar-refractivity contribution is 9.10. The molecule has 1 aliphatic rings. The molecule has 1 saturated heterocycles. The van der Waals surface area contributed by atoms with Crippen molar-refractivity contribution in [3.05, 3.63) is 34.4 Å². The van der Waals surface area contributed by atoms with Crippen molar-refractivity contribution in [1.29, 1.82) is 0 Å². The number of nitrogens with zero attached hydrogens (tertiary/aromatic N) is 1. The Morgan fingerprint density at radius 2 is 1.41 bits per heavy atom. The Morgan fingerprint density at radius 3 is 2.00 bits per heavy atom. The monoisotopic (exact) mass is 876 g/mol. The average molecular weight is 878 g/mol. The minimum absolute atomic E-state index is 0.0655. The quantitative estimate of drug-likeness (QED) is 0.118. The van der Waals surface area contributed by atoms with E-state index in [0.717, 1.165) is 18.0 Å². The molecule has 16 nitrogen and oxygen atoms in total. The van der Waals surface area contributed by atoms with Crippen molar-refractivity contribution < 1.29 is 47.8 Å². The summed E-state index contributed by atoms with van der Waals surface area (Å²) >= 11 is 3.54. The van der Waals surface area contributed by atoms with Gasteiger partial charge in [0.25, 0.3) is 0 Å². The molecule has 1 aromatic carbocycles. The Kier molecular flexibility index (Phi) is 16.7. The highest BCUT2D eigenvalue weighted by atomic mass is 79.9. The van der Waals surface area contributed by atoms with Gasteiger partial charge in [-0.15, -0.1) is 0 Å². The average Bonchev–Trinajstić information content (AvgIpc) is 3.72. The molecule has 322 valence electrons. The van der Waals surface area contributed by atoms with E-state index >= 15 is 0 Å². The first kappa shape index (κ1) is 47.7. The van der Waals surface area contributed by atoms with Gasteiger partial charge in [-0.05, 0) is 100 Å². The summed E-state index contributed by atoms with van der Waals surface area (Å²) in [6.07, 6.45) is -0.0778. The largest absolute Gasteiger partial charge is 0.469 e. The number of carbonyl (C=O) groups excluding carboxylic acids is 7. The molecule has 1 aromatic heterocycles. The number of hydrogen-bond acceptors (Lipinski definition) is 10. The van der Waals surface area contributed by atoms with Gasteiger partial charge < -0.3 is 40.5 Å². The first-order valence-corrected chi connectivity index (χ1v) is 20.5. The molecule has 1 fully saturated rings. The number of fused-ring (bicyclic) bond motifs is 1. The summed E-state index contributed by atoms with van der Waals surface area (Å²) in [7, 11) is 1.15. The Labute approximate surface area is 349 Å². The number of likely N-dealkylation sites (tertiary alicyclic amines) is 1. The smallest absolute Gasteiger partial charge is 0.410 e. The maximum Gasteiger partial charge on any atom is 0.410 e. The summed E-state index contributed by atoms with van der Waals surface area (Å²) in [6, 6.07) is 1.53. The van der Waals surface area contributed by atoms with Crippen molar-refractivity contribution in [1.82, 2.24) is 31.2 Å². The second-order valence-corrected chi connectivity index (χ2v) is 18.1. The zero-order chi connectivity index (χ0) is 43.7. The lowest BCUT2D eigenvalue weighted by Crippen LogP contribution is -2.60. The van der Waals surface area contributed by atoms with E-state index < -0.39 is 95.4 Å². The predicted molar refractivity (Wildman–Crippen MR) is 220 cm³/mol. The van der Waals surface area contributed by atoms with E-state index in [2.05, 4.69) is 42.2 Å². The Hall–Kier alpha value is -4.67. The number of aromatic nitrogens is 1. The molecule has 0 unspecified atom stereocenters. The topological polar surface area (TPSA) is 214 Å². The molecule has 3 rings (SSSR count). The van der Waals surface area contributed by atoms with Gasteiger partial charge in [-0.1, -0.05) is 45.9 Å². The van der Waals surface area contributed by atoms with Crippen LogP contribution in [0.25, 0.3) is 10.9 Å². The third-order valence-corrected chi connectivity index (χ3v) is 9.86. The van der Waals surface area contributed by atoms with E-state index in [1.807, 2.05) is 38.1 Å². The summed E-state index contributed by atoms with van der Waals surface area (Å²) in [6.45, 7) is 17.7. The lowest BCUT2D eigenvalue weighted by atomic mass is 9.98. The van der Waals surface area contributed by atoms with E-state index in [-0.39, 0.29) is 18.8 Å². The minimum Gasteiger partial charge on any atom is -0.469 e. The number of hydrogen-bond donors (Lipinski definition) is 5. The maximum absolute atomic E-state index is 14.3. The molecule has 1 aliphatic heterocycles. The van der Waals surface area contributed by atoms with E-state index in [1.54, 1.807) is 55.4 Å². The van der Waals surface area contributed by atoms with Crippen LogP contribution in [0.5, 0.6) is 0 Å².